The molecule has 4 nitrogen and oxygen atoms in total. The van der Waals surface area contributed by atoms with Gasteiger partial charge in [0.1, 0.15) is 0 Å². The van der Waals surface area contributed by atoms with E-state index in [1.807, 2.05) is 0 Å². The van der Waals surface area contributed by atoms with E-state index in [1.165, 1.54) is 27.8 Å². The van der Waals surface area contributed by atoms with Crippen molar-refractivity contribution in [1.29, 1.82) is 0 Å². The van der Waals surface area contributed by atoms with E-state index in [9.17, 15) is 0 Å². The van der Waals surface area contributed by atoms with Crippen molar-refractivity contribution in [2.75, 3.05) is 19.6 Å². The van der Waals surface area contributed by atoms with Crippen LogP contribution in [0.3, 0.4) is 0 Å². The summed E-state index contributed by atoms with van der Waals surface area (Å²) in [7, 11) is 0. The Balaban J connectivity index is 1.15. The number of hydrogen-bond acceptors (Lipinski definition) is 4. The smallest absolute Gasteiger partial charge is 0.160 e. The molecule has 332 valence electrons. The number of allylic oxidation sites excluding steroid dienone is 2. The van der Waals surface area contributed by atoms with E-state index in [2.05, 4.69) is 308 Å². The van der Waals surface area contributed by atoms with Crippen LogP contribution in [-0.2, 0) is 0 Å². The minimum atomic E-state index is -0.865. The second-order valence-corrected chi connectivity index (χ2v) is 17.8. The predicted octanol–water partition coefficient (Wildman–Crippen LogP) is 17.4. The zero-order valence-corrected chi connectivity index (χ0v) is 39.2. The van der Waals surface area contributed by atoms with E-state index >= 15 is 0 Å². The fourth-order valence-electron chi connectivity index (χ4n) is 9.65. The third-order valence-electron chi connectivity index (χ3n) is 12.8. The number of aryl methyl sites for hydroxylation is 4. The molecule has 0 aromatic heterocycles. The van der Waals surface area contributed by atoms with Crippen LogP contribution in [0.2, 0.25) is 0 Å². The Morgan fingerprint density at radius 1 is 0.279 bits per heavy atom. The van der Waals surface area contributed by atoms with Gasteiger partial charge in [0.05, 0.1) is 0 Å². The molecule has 9 aromatic carbocycles. The molecule has 0 radical (unpaired) electrons. The second kappa shape index (κ2) is 19.2. The second-order valence-electron chi connectivity index (χ2n) is 17.8. The van der Waals surface area contributed by atoms with Gasteiger partial charge in [-0.15, -0.1) is 0 Å². The number of nitrogens with zero attached hydrogens (tertiary/aromatic N) is 4. The summed E-state index contributed by atoms with van der Waals surface area (Å²) in [6, 6.07) is 85.6. The molecular formula is C64H56N4. The van der Waals surface area contributed by atoms with Gasteiger partial charge in [-0.05, 0) is 189 Å². The highest BCUT2D eigenvalue weighted by molar-refractivity contribution is 5.83. The molecule has 0 N–H and O–H groups in total. The Kier molecular flexibility index (Phi) is 12.3. The lowest BCUT2D eigenvalue weighted by Gasteiger charge is -2.51. The fraction of sp³-hybridized carbons (Fsp3) is 0.0938. The monoisotopic (exact) mass is 880 g/mol. The van der Waals surface area contributed by atoms with Gasteiger partial charge in [0.15, 0.2) is 5.66 Å². The SMILES string of the molecule is Cc1cccc(N(c2ccc(N(c3ccccc3)C3(N(c4ccccc4)c4ccc(N(c5cccc(C)c5)c5cccc(C)c5)cc4)C=CC(c4ccccc4)C=C3)cc2)c2cccc(C)c2)c1. The highest BCUT2D eigenvalue weighted by Gasteiger charge is 2.43. The van der Waals surface area contributed by atoms with Crippen molar-refractivity contribution in [3.8, 4) is 0 Å². The first kappa shape index (κ1) is 43.5. The molecule has 4 heteroatoms. The molecule has 0 spiro atoms. The molecule has 9 aromatic rings. The summed E-state index contributed by atoms with van der Waals surface area (Å²) in [6.07, 6.45) is 9.56. The topological polar surface area (TPSA) is 13.0 Å². The Bertz CT molecular complexity index is 2890. The fourth-order valence-corrected chi connectivity index (χ4v) is 9.65. The molecule has 0 saturated heterocycles. The summed E-state index contributed by atoms with van der Waals surface area (Å²) < 4.78 is 0. The Labute approximate surface area is 402 Å². The summed E-state index contributed by atoms with van der Waals surface area (Å²) in [4.78, 5) is 9.68. The van der Waals surface area contributed by atoms with E-state index in [-0.39, 0.29) is 5.92 Å². The minimum absolute atomic E-state index is 0.0961. The zero-order valence-electron chi connectivity index (χ0n) is 39.2. The van der Waals surface area contributed by atoms with Crippen LogP contribution < -0.4 is 19.6 Å². The molecular weight excluding hydrogens is 825 g/mol. The Morgan fingerprint density at radius 2 is 0.559 bits per heavy atom. The molecule has 0 atom stereocenters. The van der Waals surface area contributed by atoms with Crippen molar-refractivity contribution in [3.05, 3.63) is 289 Å². The van der Waals surface area contributed by atoms with E-state index in [1.54, 1.807) is 0 Å². The van der Waals surface area contributed by atoms with E-state index < -0.39 is 5.66 Å². The van der Waals surface area contributed by atoms with Crippen LogP contribution in [0.25, 0.3) is 0 Å². The zero-order chi connectivity index (χ0) is 46.5. The van der Waals surface area contributed by atoms with Gasteiger partial charge in [0.25, 0.3) is 0 Å². The number of benzene rings is 9. The van der Waals surface area contributed by atoms with Crippen molar-refractivity contribution in [1.82, 2.24) is 0 Å². The Morgan fingerprint density at radius 3 is 0.882 bits per heavy atom. The molecule has 0 bridgehead atoms. The molecule has 0 heterocycles. The molecule has 0 unspecified atom stereocenters. The minimum Gasteiger partial charge on any atom is -0.311 e. The van der Waals surface area contributed by atoms with Gasteiger partial charge in [0, 0.05) is 62.8 Å². The van der Waals surface area contributed by atoms with Crippen molar-refractivity contribution in [3.63, 3.8) is 0 Å². The summed E-state index contributed by atoms with van der Waals surface area (Å²) in [6.45, 7) is 8.62. The normalized spacial score (nSPS) is 12.9. The predicted molar refractivity (Wildman–Crippen MR) is 289 cm³/mol. The van der Waals surface area contributed by atoms with Crippen molar-refractivity contribution in [2.45, 2.75) is 39.3 Å². The highest BCUT2D eigenvalue weighted by Crippen LogP contribution is 2.48. The van der Waals surface area contributed by atoms with Gasteiger partial charge in [-0.1, -0.05) is 127 Å². The van der Waals surface area contributed by atoms with E-state index in [4.69, 9.17) is 0 Å². The van der Waals surface area contributed by atoms with Gasteiger partial charge in [-0.25, -0.2) is 0 Å². The average molecular weight is 881 g/mol. The van der Waals surface area contributed by atoms with Crippen LogP contribution in [0.1, 0.15) is 33.7 Å². The molecule has 68 heavy (non-hydrogen) atoms. The van der Waals surface area contributed by atoms with Gasteiger partial charge in [0.2, 0.25) is 0 Å². The molecule has 1 aliphatic carbocycles. The molecule has 0 amide bonds. The third-order valence-corrected chi connectivity index (χ3v) is 12.8. The first-order valence-electron chi connectivity index (χ1n) is 23.5. The van der Waals surface area contributed by atoms with Gasteiger partial charge in [-0.2, -0.15) is 0 Å². The first-order chi connectivity index (χ1) is 33.3. The van der Waals surface area contributed by atoms with Gasteiger partial charge >= 0.3 is 0 Å². The maximum absolute atomic E-state index is 2.49. The molecule has 10 rings (SSSR count). The van der Waals surface area contributed by atoms with E-state index in [0.717, 1.165) is 56.9 Å². The van der Waals surface area contributed by atoms with Crippen molar-refractivity contribution < 1.29 is 0 Å². The van der Waals surface area contributed by atoms with Crippen LogP contribution in [0, 0.1) is 27.7 Å². The standard InChI is InChI=1S/C64H56N4/c1-48-18-14-28-60(44-48)65(61-29-15-19-49(2)45-61)54-32-36-58(37-33-54)67(56-24-10-6-11-25-56)64(42-40-53(41-43-64)52-22-8-5-9-23-52)68(57-26-12-7-13-27-57)59-38-34-55(35-39-59)66(62-30-16-20-50(3)46-62)63-31-17-21-51(4)47-63/h5-47,53H,1-4H3. The van der Waals surface area contributed by atoms with Crippen molar-refractivity contribution in [2.24, 2.45) is 0 Å². The molecule has 1 aliphatic rings. The number of anilines is 10. The van der Waals surface area contributed by atoms with Crippen LogP contribution in [0.15, 0.2) is 261 Å². The quantitative estimate of drug-likeness (QED) is 0.0845. The maximum atomic E-state index is 2.49. The highest BCUT2D eigenvalue weighted by atomic mass is 15.4. The lowest BCUT2D eigenvalue weighted by molar-refractivity contribution is 0.625. The largest absolute Gasteiger partial charge is 0.311 e. The average Bonchev–Trinajstić information content (AvgIpc) is 3.37. The van der Waals surface area contributed by atoms with Crippen LogP contribution >= 0.6 is 0 Å². The Hall–Kier alpha value is -8.34. The van der Waals surface area contributed by atoms with Crippen LogP contribution in [-0.4, -0.2) is 5.66 Å². The first-order valence-corrected chi connectivity index (χ1v) is 23.5. The molecule has 0 fully saturated rings. The number of rotatable bonds is 13. The number of hydrogen-bond donors (Lipinski definition) is 0. The summed E-state index contributed by atoms with van der Waals surface area (Å²) >= 11 is 0. The molecule has 0 aliphatic heterocycles. The van der Waals surface area contributed by atoms with Gasteiger partial charge in [-0.3, -0.25) is 0 Å². The van der Waals surface area contributed by atoms with Crippen molar-refractivity contribution >= 4 is 56.9 Å². The van der Waals surface area contributed by atoms with Gasteiger partial charge < -0.3 is 19.6 Å². The van der Waals surface area contributed by atoms with Crippen LogP contribution in [0.5, 0.6) is 0 Å². The van der Waals surface area contributed by atoms with E-state index in [0.29, 0.717) is 0 Å². The summed E-state index contributed by atoms with van der Waals surface area (Å²) in [5.41, 5.74) is 16.1. The maximum Gasteiger partial charge on any atom is 0.160 e. The number of para-hydroxylation sites is 2. The molecule has 0 saturated carbocycles. The lowest BCUT2D eigenvalue weighted by Crippen LogP contribution is -2.56. The lowest BCUT2D eigenvalue weighted by atomic mass is 9.87. The summed E-state index contributed by atoms with van der Waals surface area (Å²) in [5, 5.41) is 0. The van der Waals surface area contributed by atoms with Crippen LogP contribution in [0.4, 0.5) is 56.9 Å². The third kappa shape index (κ3) is 8.97. The summed E-state index contributed by atoms with van der Waals surface area (Å²) in [5.74, 6) is 0.0961.